The van der Waals surface area contributed by atoms with Gasteiger partial charge in [0, 0.05) is 11.9 Å². The lowest BCUT2D eigenvalue weighted by Crippen LogP contribution is -2.17. The molecule has 19 heavy (non-hydrogen) atoms. The first-order valence-electron chi connectivity index (χ1n) is 5.84. The summed E-state index contributed by atoms with van der Waals surface area (Å²) >= 11 is 0. The number of hydrogen-bond donors (Lipinski definition) is 1. The minimum absolute atomic E-state index is 0.163. The molecule has 1 aromatic rings. The molecular formula is C14H15NO4. The number of carbonyl (C=O) groups is 3. The highest BCUT2D eigenvalue weighted by atomic mass is 16.5. The third-order valence-electron chi connectivity index (χ3n) is 2.22. The number of nitrogens with one attached hydrogen (secondary N) is 1. The van der Waals surface area contributed by atoms with Gasteiger partial charge in [0.15, 0.2) is 5.78 Å². The van der Waals surface area contributed by atoms with Crippen LogP contribution in [0.2, 0.25) is 0 Å². The van der Waals surface area contributed by atoms with Crippen LogP contribution in [0.15, 0.2) is 42.1 Å². The van der Waals surface area contributed by atoms with E-state index in [9.17, 15) is 14.4 Å². The minimum atomic E-state index is -0.738. The molecule has 5 heteroatoms. The lowest BCUT2D eigenvalue weighted by atomic mass is 10.1. The molecule has 0 atom stereocenters. The minimum Gasteiger partial charge on any atom is -0.462 e. The van der Waals surface area contributed by atoms with Crippen LogP contribution in [0.4, 0.5) is 5.69 Å². The predicted octanol–water partition coefficient (Wildman–Crippen LogP) is 1.70. The SMILES string of the molecule is CCOC(=O)/C(=C/Nc1ccccc1)C(=O)CC=O. The zero-order chi connectivity index (χ0) is 14.1. The number of aldehydes is 1. The highest BCUT2D eigenvalue weighted by Crippen LogP contribution is 2.08. The Hall–Kier alpha value is -2.43. The van der Waals surface area contributed by atoms with Crippen LogP contribution in [-0.4, -0.2) is 24.6 Å². The van der Waals surface area contributed by atoms with Crippen molar-refractivity contribution < 1.29 is 19.1 Å². The van der Waals surface area contributed by atoms with E-state index in [1.807, 2.05) is 18.2 Å². The number of rotatable bonds is 7. The molecule has 0 heterocycles. The van der Waals surface area contributed by atoms with E-state index in [2.05, 4.69) is 5.32 Å². The molecule has 0 amide bonds. The molecule has 0 fully saturated rings. The standard InChI is InChI=1S/C14H15NO4/c1-2-19-14(18)12(13(17)8-9-16)10-15-11-6-4-3-5-7-11/h3-7,9-10,15H,2,8H2,1H3/b12-10+. The smallest absolute Gasteiger partial charge is 0.343 e. The molecule has 0 aliphatic carbocycles. The molecule has 0 saturated heterocycles. The third-order valence-corrected chi connectivity index (χ3v) is 2.22. The summed E-state index contributed by atoms with van der Waals surface area (Å²) in [7, 11) is 0. The number of ether oxygens (including phenoxy) is 1. The van der Waals surface area contributed by atoms with Gasteiger partial charge in [-0.25, -0.2) is 4.79 Å². The van der Waals surface area contributed by atoms with Crippen LogP contribution in [0, 0.1) is 0 Å². The van der Waals surface area contributed by atoms with Gasteiger partial charge in [0.25, 0.3) is 0 Å². The predicted molar refractivity (Wildman–Crippen MR) is 70.5 cm³/mol. The number of carbonyl (C=O) groups excluding carboxylic acids is 3. The summed E-state index contributed by atoms with van der Waals surface area (Å²) in [6, 6.07) is 9.03. The van der Waals surface area contributed by atoms with E-state index < -0.39 is 11.8 Å². The van der Waals surface area contributed by atoms with Crippen molar-refractivity contribution in [3.8, 4) is 0 Å². The molecular weight excluding hydrogens is 246 g/mol. The van der Waals surface area contributed by atoms with E-state index in [-0.39, 0.29) is 18.6 Å². The second-order valence-corrected chi connectivity index (χ2v) is 3.58. The van der Waals surface area contributed by atoms with Crippen LogP contribution < -0.4 is 5.32 Å². The van der Waals surface area contributed by atoms with Crippen molar-refractivity contribution in [3.05, 3.63) is 42.1 Å². The number of benzene rings is 1. The monoisotopic (exact) mass is 261 g/mol. The van der Waals surface area contributed by atoms with Gasteiger partial charge in [-0.15, -0.1) is 0 Å². The van der Waals surface area contributed by atoms with Crippen LogP contribution in [0.1, 0.15) is 13.3 Å². The average molecular weight is 261 g/mol. The van der Waals surface area contributed by atoms with Crippen LogP contribution in [0.3, 0.4) is 0 Å². The van der Waals surface area contributed by atoms with Gasteiger partial charge in [-0.2, -0.15) is 0 Å². The molecule has 1 N–H and O–H groups in total. The molecule has 5 nitrogen and oxygen atoms in total. The second kappa shape index (κ2) is 7.81. The van der Waals surface area contributed by atoms with Crippen LogP contribution in [-0.2, 0) is 19.1 Å². The first-order valence-corrected chi connectivity index (χ1v) is 5.84. The van der Waals surface area contributed by atoms with Gasteiger partial charge >= 0.3 is 5.97 Å². The van der Waals surface area contributed by atoms with Gasteiger partial charge in [-0.3, -0.25) is 4.79 Å². The summed E-state index contributed by atoms with van der Waals surface area (Å²) in [6.07, 6.45) is 1.37. The Balaban J connectivity index is 2.86. The van der Waals surface area contributed by atoms with Crippen LogP contribution >= 0.6 is 0 Å². The largest absolute Gasteiger partial charge is 0.462 e. The summed E-state index contributed by atoms with van der Waals surface area (Å²) < 4.78 is 4.78. The number of para-hydroxylation sites is 1. The molecule has 0 bridgehead atoms. The van der Waals surface area contributed by atoms with Gasteiger partial charge in [0.1, 0.15) is 11.9 Å². The van der Waals surface area contributed by atoms with Crippen molar-refractivity contribution >= 4 is 23.7 Å². The van der Waals surface area contributed by atoms with Gasteiger partial charge in [0.05, 0.1) is 13.0 Å². The van der Waals surface area contributed by atoms with Crippen molar-refractivity contribution in [2.45, 2.75) is 13.3 Å². The number of anilines is 1. The van der Waals surface area contributed by atoms with Crippen molar-refractivity contribution in [2.24, 2.45) is 0 Å². The fourth-order valence-electron chi connectivity index (χ4n) is 1.34. The normalized spacial score (nSPS) is 10.7. The second-order valence-electron chi connectivity index (χ2n) is 3.58. The van der Waals surface area contributed by atoms with E-state index in [1.54, 1.807) is 19.1 Å². The molecule has 1 aromatic carbocycles. The fourth-order valence-corrected chi connectivity index (χ4v) is 1.34. The highest BCUT2D eigenvalue weighted by Gasteiger charge is 2.18. The Morgan fingerprint density at radius 1 is 1.26 bits per heavy atom. The van der Waals surface area contributed by atoms with Crippen molar-refractivity contribution in [3.63, 3.8) is 0 Å². The Kier molecular flexibility index (Phi) is 6.02. The van der Waals surface area contributed by atoms with Gasteiger partial charge < -0.3 is 14.8 Å². The Morgan fingerprint density at radius 3 is 2.53 bits per heavy atom. The van der Waals surface area contributed by atoms with E-state index >= 15 is 0 Å². The van der Waals surface area contributed by atoms with E-state index in [4.69, 9.17) is 4.74 Å². The van der Waals surface area contributed by atoms with Crippen LogP contribution in [0.5, 0.6) is 0 Å². The fraction of sp³-hybridized carbons (Fsp3) is 0.214. The topological polar surface area (TPSA) is 72.5 Å². The van der Waals surface area contributed by atoms with E-state index in [0.717, 1.165) is 5.69 Å². The maximum atomic E-state index is 11.6. The first kappa shape index (κ1) is 14.6. The van der Waals surface area contributed by atoms with Crippen molar-refractivity contribution in [2.75, 3.05) is 11.9 Å². The maximum absolute atomic E-state index is 11.6. The summed E-state index contributed by atoms with van der Waals surface area (Å²) in [5.74, 6) is -1.31. The Morgan fingerprint density at radius 2 is 1.95 bits per heavy atom. The van der Waals surface area contributed by atoms with E-state index in [0.29, 0.717) is 6.29 Å². The molecule has 0 unspecified atom stereocenters. The Bertz CT molecular complexity index is 479. The summed E-state index contributed by atoms with van der Waals surface area (Å²) in [5, 5.41) is 2.82. The summed E-state index contributed by atoms with van der Waals surface area (Å²) in [5.41, 5.74) is 0.556. The van der Waals surface area contributed by atoms with Crippen molar-refractivity contribution in [1.29, 1.82) is 0 Å². The average Bonchev–Trinajstić information content (AvgIpc) is 2.41. The van der Waals surface area contributed by atoms with E-state index in [1.165, 1.54) is 6.20 Å². The molecule has 0 aromatic heterocycles. The number of hydrogen-bond acceptors (Lipinski definition) is 5. The van der Waals surface area contributed by atoms with Gasteiger partial charge in [-0.05, 0) is 19.1 Å². The van der Waals surface area contributed by atoms with Crippen molar-refractivity contribution in [1.82, 2.24) is 0 Å². The van der Waals surface area contributed by atoms with Gasteiger partial charge in [0.2, 0.25) is 0 Å². The molecule has 0 aliphatic heterocycles. The zero-order valence-electron chi connectivity index (χ0n) is 10.6. The zero-order valence-corrected chi connectivity index (χ0v) is 10.6. The summed E-state index contributed by atoms with van der Waals surface area (Å²) in [4.78, 5) is 33.6. The first-order chi connectivity index (χ1) is 9.19. The number of esters is 1. The molecule has 0 saturated carbocycles. The number of Topliss-reactive ketones (excluding diaryl/α,β-unsaturated/α-hetero) is 1. The molecule has 0 spiro atoms. The highest BCUT2D eigenvalue weighted by molar-refractivity contribution is 6.20. The lowest BCUT2D eigenvalue weighted by Gasteiger charge is -2.06. The maximum Gasteiger partial charge on any atom is 0.343 e. The molecule has 0 aliphatic rings. The quantitative estimate of drug-likeness (QED) is 0.266. The lowest BCUT2D eigenvalue weighted by molar-refractivity contribution is -0.140. The number of ketones is 1. The Labute approximate surface area is 111 Å². The molecule has 0 radical (unpaired) electrons. The van der Waals surface area contributed by atoms with Crippen LogP contribution in [0.25, 0.3) is 0 Å². The molecule has 1 rings (SSSR count). The van der Waals surface area contributed by atoms with Gasteiger partial charge in [-0.1, -0.05) is 18.2 Å². The molecule has 100 valence electrons. The third kappa shape index (κ3) is 4.75. The summed E-state index contributed by atoms with van der Waals surface area (Å²) in [6.45, 7) is 1.81.